The number of nitrogens with zero attached hydrogens (tertiary/aromatic N) is 1. The number of ketones is 1. The highest BCUT2D eigenvalue weighted by Crippen LogP contribution is 2.52. The summed E-state index contributed by atoms with van der Waals surface area (Å²) in [5.74, 6) is -0.495. The molecule has 0 bridgehead atoms. The molecule has 1 unspecified atom stereocenters. The van der Waals surface area contributed by atoms with E-state index in [2.05, 4.69) is 0 Å². The van der Waals surface area contributed by atoms with E-state index in [-0.39, 0.29) is 11.5 Å². The molecule has 3 aliphatic rings. The standard InChI is InChI=1S/C25H24ClNO5/c1-14-10-20(16-5-3-7-18(11-16)27(30)31)21(26)12-19(14)22-23(28)25(32-24(22)29)9-8-15-4-2-6-17(15)13-25/h3,5,7,10-12,15,17,22H,2,4,6,8-9,13H2,1H3/t15-,17+,22?,25+/m0/s1. The number of hydrogen-bond donors (Lipinski definition) is 0. The molecule has 2 aliphatic carbocycles. The van der Waals surface area contributed by atoms with E-state index in [4.69, 9.17) is 16.3 Å². The molecule has 1 saturated heterocycles. The van der Waals surface area contributed by atoms with Crippen LogP contribution in [-0.2, 0) is 14.3 Å². The van der Waals surface area contributed by atoms with E-state index in [0.29, 0.717) is 46.4 Å². The van der Waals surface area contributed by atoms with Crippen LogP contribution in [0.1, 0.15) is 55.6 Å². The number of halogens is 1. The van der Waals surface area contributed by atoms with Crippen molar-refractivity contribution in [2.45, 2.75) is 57.0 Å². The molecular weight excluding hydrogens is 430 g/mol. The summed E-state index contributed by atoms with van der Waals surface area (Å²) in [6.45, 7) is 1.83. The molecular formula is C25H24ClNO5. The van der Waals surface area contributed by atoms with Crippen LogP contribution >= 0.6 is 11.6 Å². The van der Waals surface area contributed by atoms with Gasteiger partial charge in [-0.2, -0.15) is 0 Å². The molecule has 4 atom stereocenters. The lowest BCUT2D eigenvalue weighted by Crippen LogP contribution is -2.43. The molecule has 2 aromatic rings. The van der Waals surface area contributed by atoms with Crippen LogP contribution in [0.5, 0.6) is 0 Å². The molecule has 32 heavy (non-hydrogen) atoms. The highest BCUT2D eigenvalue weighted by Gasteiger charge is 2.59. The largest absolute Gasteiger partial charge is 0.450 e. The van der Waals surface area contributed by atoms with Gasteiger partial charge >= 0.3 is 5.97 Å². The first-order chi connectivity index (χ1) is 15.3. The van der Waals surface area contributed by atoms with Crippen molar-refractivity contribution >= 4 is 29.0 Å². The quantitative estimate of drug-likeness (QED) is 0.255. The summed E-state index contributed by atoms with van der Waals surface area (Å²) >= 11 is 6.56. The third kappa shape index (κ3) is 3.32. The molecule has 0 amide bonds. The molecule has 166 valence electrons. The first-order valence-corrected chi connectivity index (χ1v) is 11.5. The Morgan fingerprint density at radius 2 is 1.91 bits per heavy atom. The summed E-state index contributed by atoms with van der Waals surface area (Å²) in [5, 5.41) is 11.5. The number of aryl methyl sites for hydroxylation is 1. The third-order valence-corrected chi connectivity index (χ3v) is 7.92. The van der Waals surface area contributed by atoms with Crippen molar-refractivity contribution in [2.75, 3.05) is 0 Å². The van der Waals surface area contributed by atoms with Crippen LogP contribution in [0.25, 0.3) is 11.1 Å². The number of fused-ring (bicyclic) bond motifs is 1. The van der Waals surface area contributed by atoms with Crippen molar-refractivity contribution in [3.8, 4) is 11.1 Å². The summed E-state index contributed by atoms with van der Waals surface area (Å²) in [6.07, 6.45) is 5.67. The zero-order valence-corrected chi connectivity index (χ0v) is 18.6. The summed E-state index contributed by atoms with van der Waals surface area (Å²) in [5.41, 5.74) is 1.50. The average molecular weight is 454 g/mol. The Balaban J connectivity index is 1.48. The molecule has 0 radical (unpaired) electrons. The Kier molecular flexibility index (Phi) is 5.08. The fourth-order valence-electron chi connectivity index (χ4n) is 5.98. The third-order valence-electron chi connectivity index (χ3n) is 7.60. The van der Waals surface area contributed by atoms with Crippen molar-refractivity contribution < 1.29 is 19.2 Å². The Labute approximate surface area is 191 Å². The fraction of sp³-hybridized carbons (Fsp3) is 0.440. The van der Waals surface area contributed by atoms with Gasteiger partial charge in [-0.1, -0.05) is 43.0 Å². The summed E-state index contributed by atoms with van der Waals surface area (Å²) in [4.78, 5) is 37.2. The smallest absolute Gasteiger partial charge is 0.322 e. The van der Waals surface area contributed by atoms with E-state index in [1.165, 1.54) is 25.0 Å². The molecule has 6 nitrogen and oxygen atoms in total. The maximum atomic E-state index is 13.6. The molecule has 1 heterocycles. The Morgan fingerprint density at radius 1 is 1.12 bits per heavy atom. The number of rotatable bonds is 3. The monoisotopic (exact) mass is 453 g/mol. The first kappa shape index (κ1) is 21.1. The van der Waals surface area contributed by atoms with Crippen molar-refractivity contribution in [3.05, 3.63) is 62.7 Å². The van der Waals surface area contributed by atoms with Gasteiger partial charge in [0.15, 0.2) is 11.4 Å². The van der Waals surface area contributed by atoms with Crippen LogP contribution < -0.4 is 0 Å². The molecule has 2 saturated carbocycles. The van der Waals surface area contributed by atoms with Gasteiger partial charge in [0.2, 0.25) is 0 Å². The first-order valence-electron chi connectivity index (χ1n) is 11.1. The number of carbonyl (C=O) groups excluding carboxylic acids is 2. The van der Waals surface area contributed by atoms with Gasteiger partial charge in [-0.3, -0.25) is 19.7 Å². The number of carbonyl (C=O) groups is 2. The van der Waals surface area contributed by atoms with Crippen LogP contribution in [0, 0.1) is 28.9 Å². The van der Waals surface area contributed by atoms with E-state index in [1.807, 2.05) is 6.92 Å². The Bertz CT molecular complexity index is 1150. The van der Waals surface area contributed by atoms with Crippen LogP contribution in [0.15, 0.2) is 36.4 Å². The summed E-state index contributed by atoms with van der Waals surface area (Å²) in [6, 6.07) is 9.67. The average Bonchev–Trinajstić information content (AvgIpc) is 3.32. The van der Waals surface area contributed by atoms with Crippen molar-refractivity contribution in [1.82, 2.24) is 0 Å². The fourth-order valence-corrected chi connectivity index (χ4v) is 6.26. The topological polar surface area (TPSA) is 86.5 Å². The van der Waals surface area contributed by atoms with Gasteiger partial charge in [-0.05, 0) is 66.8 Å². The minimum atomic E-state index is -0.995. The van der Waals surface area contributed by atoms with Crippen molar-refractivity contribution in [2.24, 2.45) is 11.8 Å². The molecule has 3 fully saturated rings. The van der Waals surface area contributed by atoms with Crippen LogP contribution in [0.2, 0.25) is 5.02 Å². The van der Waals surface area contributed by atoms with Gasteiger partial charge in [0.05, 0.1) is 4.92 Å². The number of Topliss-reactive ketones (excluding diaryl/α,β-unsaturated/α-hetero) is 1. The minimum absolute atomic E-state index is 0.0284. The van der Waals surface area contributed by atoms with E-state index < -0.39 is 22.4 Å². The normalized spacial score (nSPS) is 29.2. The summed E-state index contributed by atoms with van der Waals surface area (Å²) < 4.78 is 5.82. The van der Waals surface area contributed by atoms with Gasteiger partial charge < -0.3 is 4.74 Å². The van der Waals surface area contributed by atoms with Crippen molar-refractivity contribution in [1.29, 1.82) is 0 Å². The number of hydrogen-bond acceptors (Lipinski definition) is 5. The van der Waals surface area contributed by atoms with Gasteiger partial charge in [-0.25, -0.2) is 0 Å². The van der Waals surface area contributed by atoms with E-state index >= 15 is 0 Å². The second kappa shape index (κ2) is 7.69. The van der Waals surface area contributed by atoms with Gasteiger partial charge in [0.1, 0.15) is 5.92 Å². The minimum Gasteiger partial charge on any atom is -0.450 e. The predicted molar refractivity (Wildman–Crippen MR) is 120 cm³/mol. The number of nitro groups is 1. The molecule has 5 rings (SSSR count). The molecule has 0 N–H and O–H groups in total. The van der Waals surface area contributed by atoms with Gasteiger partial charge in [0.25, 0.3) is 5.69 Å². The highest BCUT2D eigenvalue weighted by atomic mass is 35.5. The number of esters is 1. The predicted octanol–water partition coefficient (Wildman–Crippen LogP) is 5.77. The number of ether oxygens (including phenoxy) is 1. The zero-order valence-electron chi connectivity index (χ0n) is 17.8. The van der Waals surface area contributed by atoms with Crippen LogP contribution in [0.4, 0.5) is 5.69 Å². The molecule has 1 aliphatic heterocycles. The lowest BCUT2D eigenvalue weighted by atomic mass is 9.70. The molecule has 2 aromatic carbocycles. The maximum Gasteiger partial charge on any atom is 0.322 e. The number of non-ortho nitro benzene ring substituents is 1. The maximum absolute atomic E-state index is 13.6. The lowest BCUT2D eigenvalue weighted by molar-refractivity contribution is -0.384. The van der Waals surface area contributed by atoms with Crippen molar-refractivity contribution in [3.63, 3.8) is 0 Å². The SMILES string of the molecule is Cc1cc(-c2cccc([N+](=O)[O-])c2)c(Cl)cc1C1C(=O)O[C@@]2(CC[C@@H]3CCC[C@@H]3C2)C1=O. The second-order valence-corrected chi connectivity index (χ2v) is 9.81. The highest BCUT2D eigenvalue weighted by molar-refractivity contribution is 6.33. The van der Waals surface area contributed by atoms with E-state index in [9.17, 15) is 19.7 Å². The molecule has 7 heteroatoms. The summed E-state index contributed by atoms with van der Waals surface area (Å²) in [7, 11) is 0. The van der Waals surface area contributed by atoms with Crippen LogP contribution in [-0.4, -0.2) is 22.3 Å². The number of benzene rings is 2. The van der Waals surface area contributed by atoms with E-state index in [0.717, 1.165) is 18.4 Å². The van der Waals surface area contributed by atoms with E-state index in [1.54, 1.807) is 24.3 Å². The molecule has 1 spiro atoms. The Morgan fingerprint density at radius 3 is 2.69 bits per heavy atom. The van der Waals surface area contributed by atoms with Gasteiger partial charge in [-0.15, -0.1) is 0 Å². The van der Waals surface area contributed by atoms with Crippen LogP contribution in [0.3, 0.4) is 0 Å². The lowest BCUT2D eigenvalue weighted by Gasteiger charge is -2.37. The molecule has 0 aromatic heterocycles. The van der Waals surface area contributed by atoms with Gasteiger partial charge in [0, 0.05) is 22.7 Å². The number of nitro benzene ring substituents is 1. The second-order valence-electron chi connectivity index (χ2n) is 9.40. The Hall–Kier alpha value is -2.73. The zero-order chi connectivity index (χ0) is 22.6.